The zero-order valence-corrected chi connectivity index (χ0v) is 45.2. The minimum absolute atomic E-state index is 0. The Morgan fingerprint density at radius 2 is 1.17 bits per heavy atom. The molecule has 9 aromatic carbocycles. The fourth-order valence-corrected chi connectivity index (χ4v) is 11.2. The van der Waals surface area contributed by atoms with E-state index in [9.17, 15) is 5.48 Å². The molecule has 0 amide bonds. The second kappa shape index (κ2) is 18.6. The van der Waals surface area contributed by atoms with Crippen molar-refractivity contribution in [3.8, 4) is 62.1 Å². The average molecular weight is 1170 g/mol. The van der Waals surface area contributed by atoms with Gasteiger partial charge in [-0.05, 0) is 114 Å². The van der Waals surface area contributed by atoms with Crippen LogP contribution < -0.4 is 9.30 Å². The zero-order valence-electron chi connectivity index (χ0n) is 52.9. The molecule has 0 saturated carbocycles. The first-order chi connectivity index (χ1) is 40.5. The van der Waals surface area contributed by atoms with E-state index < -0.39 is 65.8 Å². The van der Waals surface area contributed by atoms with Gasteiger partial charge in [0.15, 0.2) is 0 Å². The molecule has 0 aliphatic heterocycles. The Morgan fingerprint density at radius 3 is 1.87 bits per heavy atom. The van der Waals surface area contributed by atoms with Gasteiger partial charge in [-0.3, -0.25) is 4.57 Å². The van der Waals surface area contributed by atoms with Gasteiger partial charge in [0.25, 0.3) is 6.33 Å². The van der Waals surface area contributed by atoms with Crippen LogP contribution in [0.2, 0.25) is 0 Å². The Balaban J connectivity index is 0.00000724. The number of benzene rings is 9. The van der Waals surface area contributed by atoms with Gasteiger partial charge in [-0.25, -0.2) is 4.98 Å². The Kier molecular flexibility index (Phi) is 9.42. The normalized spacial score (nSPS) is 15.4. The van der Waals surface area contributed by atoms with Crippen LogP contribution in [0.1, 0.15) is 90.0 Å². The summed E-state index contributed by atoms with van der Waals surface area (Å²) in [5.74, 6) is 1.53. The summed E-state index contributed by atoms with van der Waals surface area (Å²) in [7, 11) is 0. The molecule has 374 valence electrons. The predicted octanol–water partition coefficient (Wildman–Crippen LogP) is 16.9. The maximum Gasteiger partial charge on any atom is 0.268 e. The number of hydrogen-bond donors (Lipinski definition) is 0. The van der Waals surface area contributed by atoms with E-state index in [1.165, 1.54) is 11.1 Å². The minimum Gasteiger partial charge on any atom is -0.510 e. The van der Waals surface area contributed by atoms with Crippen molar-refractivity contribution in [3.63, 3.8) is 0 Å². The molecule has 3 aromatic heterocycles. The largest absolute Gasteiger partial charge is 0.510 e. The number of aromatic nitrogens is 4. The van der Waals surface area contributed by atoms with Gasteiger partial charge in [-0.2, -0.15) is 18.2 Å². The third-order valence-electron chi connectivity index (χ3n) is 15.0. The van der Waals surface area contributed by atoms with E-state index in [0.717, 1.165) is 44.3 Å². The maximum absolute atomic E-state index is 9.55. The number of hydrogen-bond acceptors (Lipinski definition) is 2. The molecule has 13 rings (SSSR count). The Labute approximate surface area is 474 Å². The molecule has 0 unspecified atom stereocenters. The molecule has 0 radical (unpaired) electrons. The van der Waals surface area contributed by atoms with Crippen molar-refractivity contribution in [3.05, 3.63) is 258 Å². The van der Waals surface area contributed by atoms with Crippen LogP contribution in [0.4, 0.5) is 0 Å². The quantitative estimate of drug-likeness (QED) is 0.112. The number of para-hydroxylation sites is 3. The fourth-order valence-electron chi connectivity index (χ4n) is 11.2. The monoisotopic (exact) mass is 1170 g/mol. The summed E-state index contributed by atoms with van der Waals surface area (Å²) in [5, 5.41) is 2.01. The second-order valence-electron chi connectivity index (χ2n) is 21.3. The van der Waals surface area contributed by atoms with Crippen molar-refractivity contribution >= 4 is 32.8 Å². The molecule has 3 heterocycles. The molecule has 0 spiro atoms. The SMILES string of the molecule is [2H]c1c([2H])c([2H])c(-c2cc(-c3ccc4c(c3)C(C)(C)c3ccccc3C4(C)C)cc(-c3c([2H])c([2H])c([2H])c([2H])c3[2H])c2-[n+]2[c-]n(-c3[c-]c(Oc4[c-]c5c(cc4)c4ccccc4n5-c4cc(C(C)(C)C)ccn4)ccc3)c3ccccc32)c([2H])c1[2H].[Pt]. The molecule has 1 aliphatic carbocycles. The molecule has 0 saturated heterocycles. The van der Waals surface area contributed by atoms with E-state index >= 15 is 0 Å². The summed E-state index contributed by atoms with van der Waals surface area (Å²) < 4.78 is 104. The molecule has 5 nitrogen and oxygen atoms in total. The summed E-state index contributed by atoms with van der Waals surface area (Å²) in [6.45, 7) is 15.3. The van der Waals surface area contributed by atoms with E-state index in [-0.39, 0.29) is 59.8 Å². The standard InChI is InChI=1S/C70H56N4O.Pt/c1-68(2,3)50-37-38-71-66(42-50)74-62-30-17-14-27-54(62)55-35-34-53(44-65(55)74)75-52-26-20-25-51(43-52)72-45-73(64-32-19-18-31-63(64)72)67-56(46-21-10-8-11-22-46)39-49(40-57(67)47-23-12-9-13-24-47)48-33-36-60-61(41-48)70(6,7)59-29-16-15-28-58(59)69(60,4)5;/h8-42H,1-7H3;/q-2;/i8D,9D,10D,11D,12D,13D,21D,22D,23D,24D;. The Bertz CT molecular complexity index is 4680. The fraction of sp³-hybridized carbons (Fsp3) is 0.143. The number of fused-ring (bicyclic) bond motifs is 6. The van der Waals surface area contributed by atoms with Gasteiger partial charge >= 0.3 is 0 Å². The van der Waals surface area contributed by atoms with Crippen LogP contribution in [0.5, 0.6) is 11.5 Å². The van der Waals surface area contributed by atoms with Crippen LogP contribution in [0.3, 0.4) is 0 Å². The van der Waals surface area contributed by atoms with Crippen LogP contribution >= 0.6 is 0 Å². The van der Waals surface area contributed by atoms with Gasteiger partial charge in [0.1, 0.15) is 5.82 Å². The summed E-state index contributed by atoms with van der Waals surface area (Å²) >= 11 is 0. The zero-order chi connectivity index (χ0) is 59.9. The summed E-state index contributed by atoms with van der Waals surface area (Å²) in [4.78, 5) is 4.84. The summed E-state index contributed by atoms with van der Waals surface area (Å²) in [6.07, 6.45) is 5.36. The van der Waals surface area contributed by atoms with Crippen molar-refractivity contribution in [2.24, 2.45) is 0 Å². The molecule has 12 aromatic rings. The van der Waals surface area contributed by atoms with Crippen molar-refractivity contribution < 1.29 is 44.1 Å². The van der Waals surface area contributed by atoms with Crippen molar-refractivity contribution in [1.29, 1.82) is 0 Å². The van der Waals surface area contributed by atoms with E-state index in [0.29, 0.717) is 39.3 Å². The maximum atomic E-state index is 9.55. The van der Waals surface area contributed by atoms with E-state index in [1.807, 2.05) is 85.1 Å². The number of nitrogens with zero attached hydrogens (tertiary/aromatic N) is 4. The number of imidazole rings is 1. The number of ether oxygens (including phenoxy) is 1. The van der Waals surface area contributed by atoms with Crippen LogP contribution in [0.25, 0.3) is 83.4 Å². The van der Waals surface area contributed by atoms with Gasteiger partial charge < -0.3 is 13.9 Å². The molecule has 1 aliphatic rings. The average Bonchev–Trinajstić information content (AvgIpc) is 0.823. The predicted molar refractivity (Wildman–Crippen MR) is 306 cm³/mol. The molecular formula is C70H56N4OPt-2. The van der Waals surface area contributed by atoms with Crippen LogP contribution in [-0.2, 0) is 37.3 Å². The molecular weight excluding hydrogens is 1110 g/mol. The third-order valence-corrected chi connectivity index (χ3v) is 15.0. The molecule has 0 N–H and O–H groups in total. The van der Waals surface area contributed by atoms with Crippen molar-refractivity contribution in [1.82, 2.24) is 14.1 Å². The van der Waals surface area contributed by atoms with E-state index in [1.54, 1.807) is 27.3 Å². The second-order valence-corrected chi connectivity index (χ2v) is 21.3. The van der Waals surface area contributed by atoms with Crippen molar-refractivity contribution in [2.45, 2.75) is 64.7 Å². The summed E-state index contributed by atoms with van der Waals surface area (Å²) in [6, 6.07) is 48.9. The first kappa shape index (κ1) is 38.4. The van der Waals surface area contributed by atoms with Crippen molar-refractivity contribution in [2.75, 3.05) is 0 Å². The van der Waals surface area contributed by atoms with Gasteiger partial charge in [0.2, 0.25) is 0 Å². The Morgan fingerprint density at radius 1 is 0.553 bits per heavy atom. The van der Waals surface area contributed by atoms with Crippen LogP contribution in [0.15, 0.2) is 212 Å². The first-order valence-electron chi connectivity index (χ1n) is 30.1. The number of rotatable bonds is 8. The molecule has 0 bridgehead atoms. The Hall–Kier alpha value is -8.11. The third kappa shape index (κ3) is 8.12. The van der Waals surface area contributed by atoms with Crippen LogP contribution in [0, 0.1) is 18.5 Å². The van der Waals surface area contributed by atoms with Crippen LogP contribution in [-0.4, -0.2) is 14.1 Å². The van der Waals surface area contributed by atoms with Gasteiger partial charge in [0, 0.05) is 55.1 Å². The van der Waals surface area contributed by atoms with Gasteiger partial charge in [-0.15, -0.1) is 29.7 Å². The van der Waals surface area contributed by atoms with Gasteiger partial charge in [-0.1, -0.05) is 193 Å². The minimum atomic E-state index is -0.585. The first-order valence-corrected chi connectivity index (χ1v) is 25.1. The molecule has 0 atom stereocenters. The topological polar surface area (TPSA) is 35.9 Å². The van der Waals surface area contributed by atoms with E-state index in [4.69, 9.17) is 17.9 Å². The summed E-state index contributed by atoms with van der Waals surface area (Å²) in [5.41, 5.74) is 9.39. The molecule has 76 heavy (non-hydrogen) atoms. The molecule has 6 heteroatoms. The van der Waals surface area contributed by atoms with E-state index in [2.05, 4.69) is 120 Å². The number of pyridine rings is 1. The smallest absolute Gasteiger partial charge is 0.268 e. The van der Waals surface area contributed by atoms with Gasteiger partial charge in [0.05, 0.1) is 30.4 Å². The molecule has 0 fully saturated rings.